The van der Waals surface area contributed by atoms with E-state index >= 15 is 0 Å². The van der Waals surface area contributed by atoms with Crippen molar-refractivity contribution in [3.8, 4) is 11.3 Å². The van der Waals surface area contributed by atoms with Crippen LogP contribution >= 0.6 is 0 Å². The van der Waals surface area contributed by atoms with Crippen LogP contribution in [0.3, 0.4) is 0 Å². The van der Waals surface area contributed by atoms with E-state index in [9.17, 15) is 0 Å². The molecular formula is C19H19N5. The second kappa shape index (κ2) is 7.46. The number of anilines is 1. The zero-order valence-corrected chi connectivity index (χ0v) is 13.8. The lowest BCUT2D eigenvalue weighted by atomic mass is 10.1. The lowest BCUT2D eigenvalue weighted by molar-refractivity contribution is 1.05. The molecule has 0 bridgehead atoms. The molecule has 1 N–H and O–H groups in total. The molecule has 0 atom stereocenters. The largest absolute Gasteiger partial charge is 0.264 e. The van der Waals surface area contributed by atoms with Crippen LogP contribution in [0.1, 0.15) is 17.0 Å². The predicted molar refractivity (Wildman–Crippen MR) is 97.0 cm³/mol. The van der Waals surface area contributed by atoms with Crippen LogP contribution in [0.2, 0.25) is 0 Å². The van der Waals surface area contributed by atoms with Gasteiger partial charge in [0, 0.05) is 36.7 Å². The van der Waals surface area contributed by atoms with Gasteiger partial charge in [-0.05, 0) is 31.5 Å². The summed E-state index contributed by atoms with van der Waals surface area (Å²) in [5.74, 6) is 1.36. The lowest BCUT2D eigenvalue weighted by Crippen LogP contribution is -1.99. The number of nitrogens with zero attached hydrogens (tertiary/aromatic N) is 4. The molecule has 0 aliphatic heterocycles. The lowest BCUT2D eigenvalue weighted by Gasteiger charge is -2.05. The fourth-order valence-electron chi connectivity index (χ4n) is 2.27. The molecule has 5 nitrogen and oxygen atoms in total. The Balaban J connectivity index is 1.68. The first kappa shape index (κ1) is 15.8. The first-order valence-electron chi connectivity index (χ1n) is 7.80. The predicted octanol–water partition coefficient (Wildman–Crippen LogP) is 3.80. The molecule has 120 valence electrons. The number of nitrogens with one attached hydrogen (secondary N) is 1. The SMILES string of the molecule is Cc1ccc(CC=NNc2cc(-c3cccnc3)nc(C)n2)cc1. The van der Waals surface area contributed by atoms with Crippen molar-refractivity contribution < 1.29 is 0 Å². The van der Waals surface area contributed by atoms with Gasteiger partial charge in [0.2, 0.25) is 0 Å². The molecule has 2 aromatic heterocycles. The zero-order valence-electron chi connectivity index (χ0n) is 13.8. The smallest absolute Gasteiger partial charge is 0.150 e. The number of hydrogen-bond donors (Lipinski definition) is 1. The van der Waals surface area contributed by atoms with Gasteiger partial charge in [-0.2, -0.15) is 5.10 Å². The number of aryl methyl sites for hydroxylation is 2. The molecule has 3 rings (SSSR count). The third-order valence-corrected chi connectivity index (χ3v) is 3.51. The molecule has 24 heavy (non-hydrogen) atoms. The van der Waals surface area contributed by atoms with Gasteiger partial charge in [0.15, 0.2) is 0 Å². The average Bonchev–Trinajstić information content (AvgIpc) is 2.61. The summed E-state index contributed by atoms with van der Waals surface area (Å²) in [4.78, 5) is 12.9. The van der Waals surface area contributed by atoms with Crippen molar-refractivity contribution in [1.29, 1.82) is 0 Å². The minimum absolute atomic E-state index is 0.668. The fraction of sp³-hybridized carbons (Fsp3) is 0.158. The molecule has 0 saturated heterocycles. The van der Waals surface area contributed by atoms with Crippen LogP contribution < -0.4 is 5.43 Å². The summed E-state index contributed by atoms with van der Waals surface area (Å²) >= 11 is 0. The average molecular weight is 317 g/mol. The van der Waals surface area contributed by atoms with Gasteiger partial charge in [-0.15, -0.1) is 0 Å². The summed E-state index contributed by atoms with van der Waals surface area (Å²) in [6.45, 7) is 3.94. The fourth-order valence-corrected chi connectivity index (χ4v) is 2.27. The van der Waals surface area contributed by atoms with Crippen LogP contribution in [0.15, 0.2) is 60.0 Å². The number of aromatic nitrogens is 3. The zero-order chi connectivity index (χ0) is 16.8. The number of rotatable bonds is 5. The van der Waals surface area contributed by atoms with Crippen LogP contribution in [-0.4, -0.2) is 21.2 Å². The maximum Gasteiger partial charge on any atom is 0.150 e. The second-order valence-electron chi connectivity index (χ2n) is 5.54. The quantitative estimate of drug-likeness (QED) is 0.574. The van der Waals surface area contributed by atoms with Gasteiger partial charge >= 0.3 is 0 Å². The molecule has 0 fully saturated rings. The molecule has 0 radical (unpaired) electrons. The van der Waals surface area contributed by atoms with Gasteiger partial charge in [0.1, 0.15) is 11.6 Å². The molecule has 0 spiro atoms. The van der Waals surface area contributed by atoms with Gasteiger partial charge in [0.05, 0.1) is 5.69 Å². The molecule has 0 unspecified atom stereocenters. The van der Waals surface area contributed by atoms with Gasteiger partial charge in [-0.1, -0.05) is 29.8 Å². The van der Waals surface area contributed by atoms with Crippen LogP contribution in [0.4, 0.5) is 5.82 Å². The minimum atomic E-state index is 0.668. The van der Waals surface area contributed by atoms with Crippen molar-refractivity contribution in [2.24, 2.45) is 5.10 Å². The third kappa shape index (κ3) is 4.23. The van der Waals surface area contributed by atoms with Gasteiger partial charge in [-0.25, -0.2) is 9.97 Å². The molecule has 1 aromatic carbocycles. The molecular weight excluding hydrogens is 298 g/mol. The summed E-state index contributed by atoms with van der Waals surface area (Å²) in [5.41, 5.74) is 7.24. The van der Waals surface area contributed by atoms with E-state index in [0.717, 1.165) is 17.7 Å². The van der Waals surface area contributed by atoms with E-state index < -0.39 is 0 Å². The van der Waals surface area contributed by atoms with Gasteiger partial charge < -0.3 is 0 Å². The highest BCUT2D eigenvalue weighted by Crippen LogP contribution is 2.18. The van der Waals surface area contributed by atoms with E-state index in [1.54, 1.807) is 12.4 Å². The first-order chi connectivity index (χ1) is 11.7. The van der Waals surface area contributed by atoms with E-state index in [-0.39, 0.29) is 0 Å². The standard InChI is InChI=1S/C19H19N5/c1-14-5-7-16(8-6-14)9-11-21-24-19-12-18(22-15(2)23-19)17-4-3-10-20-13-17/h3-8,10-13H,9H2,1-2H3,(H,22,23,24). The molecule has 3 aromatic rings. The summed E-state index contributed by atoms with van der Waals surface area (Å²) in [6, 6.07) is 14.1. The molecule has 0 amide bonds. The second-order valence-corrected chi connectivity index (χ2v) is 5.54. The number of hydrazone groups is 1. The highest BCUT2D eigenvalue weighted by molar-refractivity contribution is 5.64. The molecule has 0 aliphatic rings. The van der Waals surface area contributed by atoms with E-state index in [1.165, 1.54) is 11.1 Å². The Morgan fingerprint density at radius 3 is 2.67 bits per heavy atom. The van der Waals surface area contributed by atoms with Crippen molar-refractivity contribution >= 4 is 12.0 Å². The van der Waals surface area contributed by atoms with Crippen molar-refractivity contribution in [2.75, 3.05) is 5.43 Å². The van der Waals surface area contributed by atoms with Crippen LogP contribution in [0.5, 0.6) is 0 Å². The van der Waals surface area contributed by atoms with Crippen LogP contribution in [0.25, 0.3) is 11.3 Å². The maximum absolute atomic E-state index is 4.45. The molecule has 0 saturated carbocycles. The summed E-state index contributed by atoms with van der Waals surface area (Å²) in [6.07, 6.45) is 6.14. The molecule has 5 heteroatoms. The Morgan fingerprint density at radius 2 is 1.92 bits per heavy atom. The van der Waals surface area contributed by atoms with Crippen LogP contribution in [-0.2, 0) is 6.42 Å². The van der Waals surface area contributed by atoms with E-state index in [2.05, 4.69) is 56.7 Å². The Bertz CT molecular complexity index is 826. The number of hydrogen-bond acceptors (Lipinski definition) is 5. The molecule has 2 heterocycles. The Morgan fingerprint density at radius 1 is 1.08 bits per heavy atom. The van der Waals surface area contributed by atoms with Crippen LogP contribution in [0, 0.1) is 13.8 Å². The van der Waals surface area contributed by atoms with E-state index in [0.29, 0.717) is 11.6 Å². The number of pyridine rings is 1. The van der Waals surface area contributed by atoms with E-state index in [1.807, 2.05) is 31.3 Å². The highest BCUT2D eigenvalue weighted by Gasteiger charge is 2.03. The summed E-state index contributed by atoms with van der Waals surface area (Å²) in [5, 5.41) is 4.25. The highest BCUT2D eigenvalue weighted by atomic mass is 15.3. The maximum atomic E-state index is 4.45. The van der Waals surface area contributed by atoms with Gasteiger partial charge in [-0.3, -0.25) is 10.4 Å². The van der Waals surface area contributed by atoms with Crippen molar-refractivity contribution in [3.05, 3.63) is 71.8 Å². The minimum Gasteiger partial charge on any atom is -0.264 e. The normalized spacial score (nSPS) is 10.9. The Labute approximate surface area is 141 Å². The topological polar surface area (TPSA) is 63.1 Å². The van der Waals surface area contributed by atoms with Crippen molar-refractivity contribution in [1.82, 2.24) is 15.0 Å². The third-order valence-electron chi connectivity index (χ3n) is 3.51. The van der Waals surface area contributed by atoms with Crippen molar-refractivity contribution in [3.63, 3.8) is 0 Å². The van der Waals surface area contributed by atoms with Crippen molar-refractivity contribution in [2.45, 2.75) is 20.3 Å². The van der Waals surface area contributed by atoms with Gasteiger partial charge in [0.25, 0.3) is 0 Å². The number of benzene rings is 1. The Hall–Kier alpha value is -3.08. The van der Waals surface area contributed by atoms with E-state index in [4.69, 9.17) is 0 Å². The Kier molecular flexibility index (Phi) is 4.91. The monoisotopic (exact) mass is 317 g/mol. The molecule has 0 aliphatic carbocycles. The summed E-state index contributed by atoms with van der Waals surface area (Å²) in [7, 11) is 0. The summed E-state index contributed by atoms with van der Waals surface area (Å²) < 4.78 is 0. The first-order valence-corrected chi connectivity index (χ1v) is 7.80.